The Kier molecular flexibility index (Phi) is 14.1. The van der Waals surface area contributed by atoms with E-state index in [4.69, 9.17) is 4.74 Å². The molecule has 0 aliphatic carbocycles. The van der Waals surface area contributed by atoms with Crippen LogP contribution in [0.4, 0.5) is 0 Å². The van der Waals surface area contributed by atoms with E-state index in [9.17, 15) is 9.90 Å². The van der Waals surface area contributed by atoms with E-state index in [1.54, 1.807) is 6.92 Å². The molecule has 4 N–H and O–H groups in total. The van der Waals surface area contributed by atoms with Crippen LogP contribution in [0, 0.1) is 0 Å². The molecule has 0 aromatic carbocycles. The number of carbonyl (C=O) groups is 1. The minimum Gasteiger partial charge on any atom is -0.457 e. The molecule has 0 saturated carbocycles. The standard InChI is InChI=1S/C10H19NO3.ClH.H3N/c1-5-10(13)14-8(2)9(12)6-7-11(3)4;;/h5,8-9,12H,1,6-7H2,2-4H3;1H;1H3. The van der Waals surface area contributed by atoms with Crippen LogP contribution in [-0.4, -0.2) is 48.8 Å². The van der Waals surface area contributed by atoms with Gasteiger partial charge in [0.2, 0.25) is 0 Å². The highest BCUT2D eigenvalue weighted by Gasteiger charge is 2.17. The Balaban J connectivity index is -0.000000845. The minimum absolute atomic E-state index is 0. The van der Waals surface area contributed by atoms with Crippen molar-refractivity contribution in [3.05, 3.63) is 12.7 Å². The molecule has 0 amide bonds. The zero-order chi connectivity index (χ0) is 11.1. The monoisotopic (exact) mass is 254 g/mol. The first-order chi connectivity index (χ1) is 6.47. The lowest BCUT2D eigenvalue weighted by Gasteiger charge is -2.20. The smallest absolute Gasteiger partial charge is 0.330 e. The second-order valence-corrected chi connectivity index (χ2v) is 3.51. The molecule has 0 fully saturated rings. The van der Waals surface area contributed by atoms with Gasteiger partial charge in [-0.25, -0.2) is 4.79 Å². The molecule has 0 heterocycles. The summed E-state index contributed by atoms with van der Waals surface area (Å²) in [5.74, 6) is -0.499. The van der Waals surface area contributed by atoms with Crippen LogP contribution in [0.15, 0.2) is 12.7 Å². The van der Waals surface area contributed by atoms with Crippen LogP contribution < -0.4 is 6.15 Å². The summed E-state index contributed by atoms with van der Waals surface area (Å²) in [5, 5.41) is 9.57. The molecule has 2 unspecified atom stereocenters. The maximum atomic E-state index is 10.8. The van der Waals surface area contributed by atoms with Crippen LogP contribution in [0.1, 0.15) is 13.3 Å². The number of carbonyl (C=O) groups excluding carboxylic acids is 1. The Hall–Kier alpha value is -0.620. The van der Waals surface area contributed by atoms with Crippen molar-refractivity contribution in [3.63, 3.8) is 0 Å². The summed E-state index contributed by atoms with van der Waals surface area (Å²) in [6, 6.07) is 0. The third-order valence-electron chi connectivity index (χ3n) is 1.88. The number of hydrogen-bond donors (Lipinski definition) is 2. The largest absolute Gasteiger partial charge is 0.457 e. The lowest BCUT2D eigenvalue weighted by atomic mass is 10.1. The highest BCUT2D eigenvalue weighted by Crippen LogP contribution is 2.04. The predicted octanol–water partition coefficient (Wildman–Crippen LogP) is 1.00. The van der Waals surface area contributed by atoms with Crippen molar-refractivity contribution >= 4 is 18.4 Å². The number of halogens is 1. The quantitative estimate of drug-likeness (QED) is 0.546. The Bertz CT molecular complexity index is 201. The summed E-state index contributed by atoms with van der Waals surface area (Å²) in [5.41, 5.74) is 0. The number of hydrogen-bond acceptors (Lipinski definition) is 5. The lowest BCUT2D eigenvalue weighted by molar-refractivity contribution is -0.147. The molecular weight excluding hydrogens is 232 g/mol. The van der Waals surface area contributed by atoms with Crippen LogP contribution in [0.5, 0.6) is 0 Å². The third kappa shape index (κ3) is 9.92. The molecule has 0 aliphatic heterocycles. The summed E-state index contributed by atoms with van der Waals surface area (Å²) >= 11 is 0. The van der Waals surface area contributed by atoms with Gasteiger partial charge in [0.25, 0.3) is 0 Å². The first kappa shape index (κ1) is 20.8. The van der Waals surface area contributed by atoms with Gasteiger partial charge in [0.05, 0.1) is 6.10 Å². The van der Waals surface area contributed by atoms with Crippen molar-refractivity contribution in [3.8, 4) is 0 Å². The van der Waals surface area contributed by atoms with E-state index < -0.39 is 18.2 Å². The van der Waals surface area contributed by atoms with Gasteiger partial charge in [-0.15, -0.1) is 12.4 Å². The van der Waals surface area contributed by atoms with Gasteiger partial charge >= 0.3 is 5.97 Å². The van der Waals surface area contributed by atoms with E-state index in [0.29, 0.717) is 6.42 Å². The van der Waals surface area contributed by atoms with Crippen molar-refractivity contribution in [2.75, 3.05) is 20.6 Å². The number of ether oxygens (including phenoxy) is 1. The van der Waals surface area contributed by atoms with Gasteiger partial charge < -0.3 is 20.9 Å². The number of rotatable bonds is 6. The Labute approximate surface area is 103 Å². The van der Waals surface area contributed by atoms with Crippen molar-refractivity contribution in [2.24, 2.45) is 0 Å². The number of aliphatic hydroxyl groups excluding tert-OH is 1. The van der Waals surface area contributed by atoms with Crippen LogP contribution in [0.25, 0.3) is 0 Å². The summed E-state index contributed by atoms with van der Waals surface area (Å²) in [4.78, 5) is 12.8. The highest BCUT2D eigenvalue weighted by molar-refractivity contribution is 5.85. The summed E-state index contributed by atoms with van der Waals surface area (Å²) < 4.78 is 4.87. The van der Waals surface area contributed by atoms with Gasteiger partial charge in [0.15, 0.2) is 0 Å². The molecule has 0 aromatic heterocycles. The van der Waals surface area contributed by atoms with Gasteiger partial charge in [-0.2, -0.15) is 0 Å². The molecule has 0 radical (unpaired) electrons. The Morgan fingerprint density at radius 1 is 1.56 bits per heavy atom. The lowest BCUT2D eigenvalue weighted by Crippen LogP contribution is -2.31. The zero-order valence-electron chi connectivity index (χ0n) is 10.2. The van der Waals surface area contributed by atoms with E-state index in [2.05, 4.69) is 6.58 Å². The predicted molar refractivity (Wildman–Crippen MR) is 67.2 cm³/mol. The van der Waals surface area contributed by atoms with Crippen LogP contribution in [0.2, 0.25) is 0 Å². The number of nitrogens with zero attached hydrogens (tertiary/aromatic N) is 1. The molecule has 0 rings (SSSR count). The molecule has 2 atom stereocenters. The molecule has 98 valence electrons. The van der Waals surface area contributed by atoms with Gasteiger partial charge in [0.1, 0.15) is 6.10 Å². The number of aliphatic hydroxyl groups is 1. The first-order valence-electron chi connectivity index (χ1n) is 4.63. The SMILES string of the molecule is C=CC(=O)OC(C)C(O)CCN(C)C.Cl.N. The maximum Gasteiger partial charge on any atom is 0.330 e. The zero-order valence-corrected chi connectivity index (χ0v) is 11.0. The molecule has 0 aromatic rings. The van der Waals surface area contributed by atoms with E-state index >= 15 is 0 Å². The van der Waals surface area contributed by atoms with E-state index in [0.717, 1.165) is 12.6 Å². The highest BCUT2D eigenvalue weighted by atomic mass is 35.5. The average Bonchev–Trinajstić information content (AvgIpc) is 2.13. The van der Waals surface area contributed by atoms with Gasteiger partial charge in [-0.3, -0.25) is 0 Å². The van der Waals surface area contributed by atoms with Gasteiger partial charge in [-0.1, -0.05) is 6.58 Å². The van der Waals surface area contributed by atoms with E-state index in [1.807, 2.05) is 19.0 Å². The van der Waals surface area contributed by atoms with Crippen molar-refractivity contribution < 1.29 is 14.6 Å². The average molecular weight is 255 g/mol. The van der Waals surface area contributed by atoms with Crippen LogP contribution in [0.3, 0.4) is 0 Å². The molecule has 6 heteroatoms. The van der Waals surface area contributed by atoms with Crippen LogP contribution >= 0.6 is 12.4 Å². The normalized spacial score (nSPS) is 13.1. The fraction of sp³-hybridized carbons (Fsp3) is 0.700. The minimum atomic E-state index is -0.624. The van der Waals surface area contributed by atoms with E-state index in [-0.39, 0.29) is 18.6 Å². The molecule has 0 saturated heterocycles. The third-order valence-corrected chi connectivity index (χ3v) is 1.88. The fourth-order valence-corrected chi connectivity index (χ4v) is 0.935. The molecule has 0 bridgehead atoms. The molecular formula is C10H23ClN2O3. The second kappa shape index (κ2) is 10.9. The second-order valence-electron chi connectivity index (χ2n) is 3.51. The van der Waals surface area contributed by atoms with E-state index in [1.165, 1.54) is 0 Å². The maximum absolute atomic E-state index is 10.8. The number of esters is 1. The molecule has 5 nitrogen and oxygen atoms in total. The van der Waals surface area contributed by atoms with Gasteiger partial charge in [-0.05, 0) is 27.4 Å². The summed E-state index contributed by atoms with van der Waals surface area (Å²) in [6.07, 6.45) is 0.565. The van der Waals surface area contributed by atoms with Crippen molar-refractivity contribution in [2.45, 2.75) is 25.6 Å². The Morgan fingerprint density at radius 2 is 2.06 bits per heavy atom. The van der Waals surface area contributed by atoms with Crippen molar-refractivity contribution in [1.82, 2.24) is 11.1 Å². The molecule has 0 spiro atoms. The first-order valence-corrected chi connectivity index (χ1v) is 4.63. The Morgan fingerprint density at radius 3 is 2.44 bits per heavy atom. The molecule has 0 aliphatic rings. The summed E-state index contributed by atoms with van der Waals surface area (Å²) in [6.45, 7) is 5.71. The topological polar surface area (TPSA) is 84.8 Å². The summed E-state index contributed by atoms with van der Waals surface area (Å²) in [7, 11) is 3.85. The van der Waals surface area contributed by atoms with Gasteiger partial charge in [0, 0.05) is 12.6 Å². The van der Waals surface area contributed by atoms with Crippen molar-refractivity contribution in [1.29, 1.82) is 0 Å². The fourth-order valence-electron chi connectivity index (χ4n) is 0.935. The van der Waals surface area contributed by atoms with Crippen LogP contribution in [-0.2, 0) is 9.53 Å². The molecule has 16 heavy (non-hydrogen) atoms.